The van der Waals surface area contributed by atoms with Crippen molar-refractivity contribution in [3.63, 3.8) is 0 Å². The third-order valence-corrected chi connectivity index (χ3v) is 0. The number of hydrogen-bond donors (Lipinski definition) is 1. The Morgan fingerprint density at radius 1 is 1.83 bits per heavy atom. The summed E-state index contributed by atoms with van der Waals surface area (Å²) < 4.78 is 0. The summed E-state index contributed by atoms with van der Waals surface area (Å²) in [5.74, 6) is -0.833. The Balaban J connectivity index is -0.0000000150. The van der Waals surface area contributed by atoms with Crippen molar-refractivity contribution in [3.05, 3.63) is 0 Å². The molecule has 0 fully saturated rings. The average Bonchev–Trinajstić information content (AvgIpc) is 0.811. The molecule has 0 saturated heterocycles. The molecule has 0 saturated carbocycles. The van der Waals surface area contributed by atoms with E-state index >= 15 is 0 Å². The Kier molecular flexibility index (Phi) is 24.3. The van der Waals surface area contributed by atoms with Crippen LogP contribution in [-0.2, 0) is 4.79 Å². The third-order valence-electron chi connectivity index (χ3n) is 0. The topological polar surface area (TPSA) is 37.3 Å². The van der Waals surface area contributed by atoms with Gasteiger partial charge in [-0.05, 0) is 0 Å². The van der Waals surface area contributed by atoms with Crippen LogP contribution in [0.3, 0.4) is 0 Å². The van der Waals surface area contributed by atoms with Gasteiger partial charge >= 0.3 is 29.6 Å². The molecule has 0 aromatic rings. The number of aliphatic carboxylic acids is 1. The monoisotopic (exact) mass is 99.1 g/mol. The van der Waals surface area contributed by atoms with Crippen molar-refractivity contribution in [2.45, 2.75) is 6.92 Å². The molecule has 0 amide bonds. The minimum absolute atomic E-state index is 0. The number of rotatable bonds is 0. The largest absolute Gasteiger partial charge is 1.00 e. The maximum atomic E-state index is 9.00. The van der Waals surface area contributed by atoms with Gasteiger partial charge in [-0.15, -0.1) is 0 Å². The van der Waals surface area contributed by atoms with Gasteiger partial charge in [0, 0.05) is 6.92 Å². The van der Waals surface area contributed by atoms with E-state index < -0.39 is 5.97 Å². The van der Waals surface area contributed by atoms with E-state index in [2.05, 4.69) is 0 Å². The predicted molar refractivity (Wildman–Crippen MR) is 25.8 cm³/mol. The zero-order valence-electron chi connectivity index (χ0n) is 4.36. The number of carbonyl (C=O) groups is 1. The van der Waals surface area contributed by atoms with Crippen LogP contribution in [0.1, 0.15) is 8.35 Å². The van der Waals surface area contributed by atoms with E-state index in [0.29, 0.717) is 0 Å². The number of carboxylic acids is 1. The Morgan fingerprint density at radius 2 is 1.83 bits per heavy atom. The van der Waals surface area contributed by atoms with E-state index in [1.165, 1.54) is 0 Å². The molecule has 6 heavy (non-hydrogen) atoms. The minimum atomic E-state index is -0.833. The molecule has 0 heterocycles. The van der Waals surface area contributed by atoms with E-state index in [1.54, 1.807) is 0 Å². The molecular formula is C2H9BNaO2-. The fourth-order valence-corrected chi connectivity index (χ4v) is 0. The summed E-state index contributed by atoms with van der Waals surface area (Å²) in [6, 6.07) is 0. The molecule has 34 valence electrons. The van der Waals surface area contributed by atoms with Gasteiger partial charge in [0.05, 0.1) is 0 Å². The zero-order chi connectivity index (χ0) is 3.58. The Bertz CT molecular complexity index is 38.7. The molecule has 0 atom stereocenters. The van der Waals surface area contributed by atoms with Crippen LogP contribution in [-0.4, -0.2) is 19.5 Å². The summed E-state index contributed by atoms with van der Waals surface area (Å²) in [5, 5.41) is 7.42. The summed E-state index contributed by atoms with van der Waals surface area (Å²) >= 11 is 0. The van der Waals surface area contributed by atoms with Gasteiger partial charge in [0.1, 0.15) is 0 Å². The van der Waals surface area contributed by atoms with E-state index in [-0.39, 0.29) is 39.4 Å². The van der Waals surface area contributed by atoms with Crippen LogP contribution in [0.15, 0.2) is 0 Å². The SMILES string of the molecule is CC(=O)O.[BH4-].[H-].[Na+]. The standard InChI is InChI=1S/C2H4O2.BH4.Na.H/c1-2(3)4;;;/h1H3,(H,3,4);1H4;;/q;-1;+1;-1. The molecule has 0 bridgehead atoms. The van der Waals surface area contributed by atoms with E-state index in [1.807, 2.05) is 0 Å². The summed E-state index contributed by atoms with van der Waals surface area (Å²) in [7, 11) is 0. The van der Waals surface area contributed by atoms with Gasteiger partial charge in [-0.25, -0.2) is 0 Å². The normalized spacial score (nSPS) is 4.17. The van der Waals surface area contributed by atoms with Crippen LogP contribution in [0.25, 0.3) is 0 Å². The first-order valence-electron chi connectivity index (χ1n) is 0.928. The quantitative estimate of drug-likeness (QED) is 0.312. The summed E-state index contributed by atoms with van der Waals surface area (Å²) in [5.41, 5.74) is 0. The first-order chi connectivity index (χ1) is 1.73. The van der Waals surface area contributed by atoms with Crippen molar-refractivity contribution in [1.82, 2.24) is 0 Å². The second kappa shape index (κ2) is 9.11. The van der Waals surface area contributed by atoms with Crippen LogP contribution < -0.4 is 29.6 Å². The van der Waals surface area contributed by atoms with Crippen molar-refractivity contribution < 1.29 is 40.9 Å². The Hall–Kier alpha value is 0.535. The van der Waals surface area contributed by atoms with Crippen molar-refractivity contribution >= 4 is 14.4 Å². The molecule has 2 nitrogen and oxygen atoms in total. The van der Waals surface area contributed by atoms with Gasteiger partial charge in [-0.2, -0.15) is 0 Å². The molecule has 0 aromatic heterocycles. The molecule has 0 radical (unpaired) electrons. The molecule has 1 N–H and O–H groups in total. The van der Waals surface area contributed by atoms with Gasteiger partial charge in [-0.3, -0.25) is 4.79 Å². The maximum Gasteiger partial charge on any atom is 1.00 e. The predicted octanol–water partition coefficient (Wildman–Crippen LogP) is -4.24. The Labute approximate surface area is 62.3 Å². The van der Waals surface area contributed by atoms with E-state index in [9.17, 15) is 0 Å². The second-order valence-electron chi connectivity index (χ2n) is 0.519. The molecule has 0 rings (SSSR count). The Morgan fingerprint density at radius 3 is 1.83 bits per heavy atom. The fourth-order valence-electron chi connectivity index (χ4n) is 0. The maximum absolute atomic E-state index is 9.00. The fraction of sp³-hybridized carbons (Fsp3) is 0.500. The first kappa shape index (κ1) is 16.0. The second-order valence-corrected chi connectivity index (χ2v) is 0.519. The first-order valence-corrected chi connectivity index (χ1v) is 0.928. The molecule has 0 aliphatic heterocycles. The van der Waals surface area contributed by atoms with Gasteiger partial charge in [0.15, 0.2) is 0 Å². The van der Waals surface area contributed by atoms with Crippen molar-refractivity contribution in [3.8, 4) is 0 Å². The van der Waals surface area contributed by atoms with E-state index in [4.69, 9.17) is 9.90 Å². The summed E-state index contributed by atoms with van der Waals surface area (Å²) in [4.78, 5) is 9.00. The molecule has 0 unspecified atom stereocenters. The molecule has 0 aliphatic rings. The van der Waals surface area contributed by atoms with Crippen LogP contribution in [0.4, 0.5) is 0 Å². The summed E-state index contributed by atoms with van der Waals surface area (Å²) in [6.07, 6.45) is 0. The van der Waals surface area contributed by atoms with Gasteiger partial charge < -0.3 is 6.53 Å². The molecule has 0 aliphatic carbocycles. The van der Waals surface area contributed by atoms with Gasteiger partial charge in [0.25, 0.3) is 5.97 Å². The van der Waals surface area contributed by atoms with Crippen molar-refractivity contribution in [2.75, 3.05) is 0 Å². The van der Waals surface area contributed by atoms with Crippen LogP contribution in [0.5, 0.6) is 0 Å². The van der Waals surface area contributed by atoms with Crippen LogP contribution >= 0.6 is 0 Å². The molecule has 0 spiro atoms. The summed E-state index contributed by atoms with van der Waals surface area (Å²) in [6.45, 7) is 1.08. The van der Waals surface area contributed by atoms with E-state index in [0.717, 1.165) is 6.92 Å². The smallest absolute Gasteiger partial charge is 1.00 e. The minimum Gasteiger partial charge on any atom is -1.00 e. The van der Waals surface area contributed by atoms with Crippen molar-refractivity contribution in [2.24, 2.45) is 0 Å². The molecular weight excluding hydrogens is 89.8 g/mol. The number of hydrogen-bond acceptors (Lipinski definition) is 1. The third kappa shape index (κ3) is 198. The molecule has 4 heteroatoms. The average molecular weight is 98.9 g/mol. The van der Waals surface area contributed by atoms with Gasteiger partial charge in [0.2, 0.25) is 0 Å². The van der Waals surface area contributed by atoms with Crippen LogP contribution in [0.2, 0.25) is 0 Å². The zero-order valence-corrected chi connectivity index (χ0v) is 5.36. The molecule has 0 aromatic carbocycles. The van der Waals surface area contributed by atoms with Gasteiger partial charge in [-0.1, -0.05) is 8.41 Å². The number of carboxylic acid groups (broad SMARTS) is 1. The van der Waals surface area contributed by atoms with Crippen LogP contribution in [0, 0.1) is 0 Å². The van der Waals surface area contributed by atoms with Crippen molar-refractivity contribution in [1.29, 1.82) is 0 Å².